The fraction of sp³-hybridized carbons (Fsp3) is 0.679. The van der Waals surface area contributed by atoms with Gasteiger partial charge in [-0.25, -0.2) is 0 Å². The van der Waals surface area contributed by atoms with Gasteiger partial charge in [0.25, 0.3) is 0 Å². The van der Waals surface area contributed by atoms with Gasteiger partial charge in [-0.15, -0.1) is 0 Å². The molecule has 7 heteroatoms. The number of epoxide rings is 1. The lowest BCUT2D eigenvalue weighted by atomic mass is 9.74. The number of halogens is 1. The molecule has 6 nitrogen and oxygen atoms in total. The molecule has 3 rings (SSSR count). The lowest BCUT2D eigenvalue weighted by Gasteiger charge is -2.31. The Bertz CT molecular complexity index is 943. The Morgan fingerprint density at radius 1 is 1.20 bits per heavy atom. The first kappa shape index (κ1) is 28.0. The van der Waals surface area contributed by atoms with E-state index in [9.17, 15) is 14.7 Å². The van der Waals surface area contributed by atoms with Crippen LogP contribution in [0.3, 0.4) is 0 Å². The van der Waals surface area contributed by atoms with Crippen LogP contribution in [0.1, 0.15) is 85.8 Å². The molecular formula is C28H40BrNO5. The molecule has 1 unspecified atom stereocenters. The number of cyclic esters (lactones) is 1. The lowest BCUT2D eigenvalue weighted by Crippen LogP contribution is -2.39. The van der Waals surface area contributed by atoms with Gasteiger partial charge in [0.15, 0.2) is 0 Å². The normalized spacial score (nSPS) is 35.2. The Morgan fingerprint density at radius 2 is 1.91 bits per heavy atom. The third kappa shape index (κ3) is 7.23. The first-order valence-corrected chi connectivity index (χ1v) is 13.5. The Labute approximate surface area is 218 Å². The van der Waals surface area contributed by atoms with Gasteiger partial charge < -0.3 is 14.6 Å². The molecule has 2 aliphatic heterocycles. The van der Waals surface area contributed by atoms with Gasteiger partial charge in [0.1, 0.15) is 11.9 Å². The van der Waals surface area contributed by atoms with E-state index < -0.39 is 23.5 Å². The molecule has 6 atom stereocenters. The summed E-state index contributed by atoms with van der Waals surface area (Å²) in [6.07, 6.45) is 6.25. The van der Waals surface area contributed by atoms with E-state index in [2.05, 4.69) is 27.8 Å². The van der Waals surface area contributed by atoms with Crippen molar-refractivity contribution in [3.63, 3.8) is 0 Å². The Hall–Kier alpha value is -1.57. The molecule has 0 aliphatic carbocycles. The zero-order chi connectivity index (χ0) is 26.0. The Kier molecular flexibility index (Phi) is 8.98. The SMILES string of the molecule is C/C(=C\c1ccc(Br)cn1)[C@@H]1CC2O[C@]2(C)CCC[C@H](C)[C@H](O)[C@@H](C)C(=O)C(C)(C)CCC(=O)O1. The maximum atomic E-state index is 13.2. The number of aliphatic hydroxyl groups is 1. The molecule has 194 valence electrons. The van der Waals surface area contributed by atoms with Gasteiger partial charge in [-0.1, -0.05) is 34.1 Å². The second-order valence-electron chi connectivity index (χ2n) is 11.3. The van der Waals surface area contributed by atoms with Crippen molar-refractivity contribution >= 4 is 33.8 Å². The van der Waals surface area contributed by atoms with Crippen molar-refractivity contribution < 1.29 is 24.2 Å². The number of rotatable bonds is 2. The van der Waals surface area contributed by atoms with E-state index in [1.165, 1.54) is 0 Å². The van der Waals surface area contributed by atoms with Gasteiger partial charge >= 0.3 is 5.97 Å². The van der Waals surface area contributed by atoms with Crippen LogP contribution in [0.4, 0.5) is 0 Å². The number of ketones is 1. The van der Waals surface area contributed by atoms with Crippen LogP contribution in [0.5, 0.6) is 0 Å². The molecule has 0 bridgehead atoms. The van der Waals surface area contributed by atoms with Gasteiger partial charge in [-0.2, -0.15) is 0 Å². The molecule has 2 aliphatic rings. The van der Waals surface area contributed by atoms with Crippen molar-refractivity contribution in [1.29, 1.82) is 0 Å². The summed E-state index contributed by atoms with van der Waals surface area (Å²) in [5.74, 6) is -0.813. The second-order valence-corrected chi connectivity index (χ2v) is 12.2. The highest BCUT2D eigenvalue weighted by Crippen LogP contribution is 2.45. The molecule has 35 heavy (non-hydrogen) atoms. The number of ether oxygens (including phenoxy) is 2. The first-order chi connectivity index (χ1) is 16.3. The molecule has 0 saturated carbocycles. The minimum absolute atomic E-state index is 0.00612. The van der Waals surface area contributed by atoms with E-state index in [0.29, 0.717) is 12.8 Å². The maximum Gasteiger partial charge on any atom is 0.306 e. The third-order valence-electron chi connectivity index (χ3n) is 7.83. The third-order valence-corrected chi connectivity index (χ3v) is 8.30. The van der Waals surface area contributed by atoms with Gasteiger partial charge in [0, 0.05) is 34.8 Å². The van der Waals surface area contributed by atoms with Crippen LogP contribution >= 0.6 is 15.9 Å². The molecule has 2 fully saturated rings. The number of pyridine rings is 1. The predicted octanol–water partition coefficient (Wildman–Crippen LogP) is 5.90. The van der Waals surface area contributed by atoms with E-state index in [-0.39, 0.29) is 35.8 Å². The molecule has 0 spiro atoms. The topological polar surface area (TPSA) is 89.0 Å². The zero-order valence-corrected chi connectivity index (χ0v) is 23.4. The van der Waals surface area contributed by atoms with Crippen LogP contribution in [-0.2, 0) is 19.1 Å². The van der Waals surface area contributed by atoms with E-state index in [0.717, 1.165) is 35.0 Å². The summed E-state index contributed by atoms with van der Waals surface area (Å²) >= 11 is 3.40. The highest BCUT2D eigenvalue weighted by atomic mass is 79.9. The number of aliphatic hydroxyl groups excluding tert-OH is 1. The Morgan fingerprint density at radius 3 is 2.57 bits per heavy atom. The van der Waals surface area contributed by atoms with Crippen LogP contribution in [0, 0.1) is 17.3 Å². The van der Waals surface area contributed by atoms with Crippen LogP contribution in [0.2, 0.25) is 0 Å². The molecule has 0 radical (unpaired) electrons. The number of esters is 1. The molecule has 2 saturated heterocycles. The zero-order valence-electron chi connectivity index (χ0n) is 21.8. The second kappa shape index (κ2) is 11.2. The van der Waals surface area contributed by atoms with Crippen LogP contribution in [0.25, 0.3) is 6.08 Å². The van der Waals surface area contributed by atoms with Crippen LogP contribution < -0.4 is 0 Å². The van der Waals surface area contributed by atoms with Gasteiger partial charge in [0.2, 0.25) is 0 Å². The highest BCUT2D eigenvalue weighted by molar-refractivity contribution is 9.10. The number of hydrogen-bond acceptors (Lipinski definition) is 6. The summed E-state index contributed by atoms with van der Waals surface area (Å²) < 4.78 is 12.9. The number of Topliss-reactive ketones (excluding diaryl/α,β-unsaturated/α-hetero) is 1. The van der Waals surface area contributed by atoms with Crippen molar-refractivity contribution in [3.8, 4) is 0 Å². The highest BCUT2D eigenvalue weighted by Gasteiger charge is 2.52. The summed E-state index contributed by atoms with van der Waals surface area (Å²) in [4.78, 5) is 30.5. The Balaban J connectivity index is 1.82. The monoisotopic (exact) mass is 549 g/mol. The molecule has 1 aromatic heterocycles. The fourth-order valence-corrected chi connectivity index (χ4v) is 5.33. The molecule has 0 amide bonds. The average Bonchev–Trinajstić information content (AvgIpc) is 3.45. The number of hydrogen-bond donors (Lipinski definition) is 1. The summed E-state index contributed by atoms with van der Waals surface area (Å²) in [6.45, 7) is 11.6. The van der Waals surface area contributed by atoms with E-state index in [1.807, 2.05) is 45.9 Å². The van der Waals surface area contributed by atoms with Crippen molar-refractivity contribution in [2.45, 2.75) is 104 Å². The van der Waals surface area contributed by atoms with Gasteiger partial charge in [0.05, 0.1) is 23.5 Å². The molecule has 1 aromatic rings. The summed E-state index contributed by atoms with van der Waals surface area (Å²) in [5.41, 5.74) is 0.719. The number of carbonyl (C=O) groups excluding carboxylic acids is 2. The van der Waals surface area contributed by atoms with Crippen molar-refractivity contribution in [2.24, 2.45) is 17.3 Å². The van der Waals surface area contributed by atoms with Crippen LogP contribution in [0.15, 0.2) is 28.4 Å². The molecule has 1 N–H and O–H groups in total. The molecule has 0 aromatic carbocycles. The van der Waals surface area contributed by atoms with Crippen molar-refractivity contribution in [1.82, 2.24) is 4.98 Å². The van der Waals surface area contributed by atoms with Crippen molar-refractivity contribution in [2.75, 3.05) is 0 Å². The summed E-state index contributed by atoms with van der Waals surface area (Å²) in [7, 11) is 0. The number of aromatic nitrogens is 1. The number of carbonyl (C=O) groups is 2. The fourth-order valence-electron chi connectivity index (χ4n) is 5.09. The molecule has 3 heterocycles. The van der Waals surface area contributed by atoms with E-state index in [4.69, 9.17) is 9.47 Å². The van der Waals surface area contributed by atoms with Crippen LogP contribution in [-0.4, -0.2) is 45.8 Å². The smallest absolute Gasteiger partial charge is 0.306 e. The standard InChI is InChI=1S/C28H40BrNO5/c1-17-8-7-12-28(6)23(35-28)15-22(18(2)14-21-10-9-20(29)16-30-21)34-24(31)11-13-27(4,5)26(33)19(3)25(17)32/h9-10,14,16-17,19,22-23,25,32H,7-8,11-13,15H2,1-6H3/b18-14+/t17-,19+,22-,23?,25-,28+/m0/s1. The minimum atomic E-state index is -0.726. The lowest BCUT2D eigenvalue weighted by molar-refractivity contribution is -0.149. The van der Waals surface area contributed by atoms with Gasteiger partial charge in [-0.3, -0.25) is 14.6 Å². The minimum Gasteiger partial charge on any atom is -0.458 e. The molecular weight excluding hydrogens is 510 g/mol. The average molecular weight is 551 g/mol. The van der Waals surface area contributed by atoms with E-state index >= 15 is 0 Å². The number of nitrogens with zero attached hydrogens (tertiary/aromatic N) is 1. The maximum absolute atomic E-state index is 13.2. The first-order valence-electron chi connectivity index (χ1n) is 12.7. The largest absolute Gasteiger partial charge is 0.458 e. The predicted molar refractivity (Wildman–Crippen MR) is 140 cm³/mol. The number of fused-ring (bicyclic) bond motifs is 1. The summed E-state index contributed by atoms with van der Waals surface area (Å²) in [5, 5.41) is 10.8. The van der Waals surface area contributed by atoms with Crippen molar-refractivity contribution in [3.05, 3.63) is 34.1 Å². The van der Waals surface area contributed by atoms with E-state index in [1.54, 1.807) is 13.1 Å². The van der Waals surface area contributed by atoms with Gasteiger partial charge in [-0.05, 0) is 78.7 Å². The summed E-state index contributed by atoms with van der Waals surface area (Å²) in [6, 6.07) is 3.84. The quantitative estimate of drug-likeness (QED) is 0.365.